The molecule has 4 nitrogen and oxygen atoms in total. The van der Waals surface area contributed by atoms with Crippen molar-refractivity contribution in [1.82, 2.24) is 0 Å². The third-order valence-corrected chi connectivity index (χ3v) is 13.7. The summed E-state index contributed by atoms with van der Waals surface area (Å²) in [6.45, 7) is 14.0. The van der Waals surface area contributed by atoms with E-state index in [0.717, 1.165) is 59.7 Å². The third-order valence-electron chi connectivity index (χ3n) is 13.7. The summed E-state index contributed by atoms with van der Waals surface area (Å²) in [5, 5.41) is 0. The summed E-state index contributed by atoms with van der Waals surface area (Å²) in [6.07, 6.45) is 15.2. The van der Waals surface area contributed by atoms with Gasteiger partial charge in [-0.05, 0) is 139 Å². The Morgan fingerprint density at radius 3 is 1.93 bits per heavy atom. The molecule has 0 bridgehead atoms. The normalized spacial score (nSPS) is 36.7. The third kappa shape index (κ3) is 6.84. The molecule has 4 aliphatic carbocycles. The number of nitrogens with two attached hydrogens (primary N) is 2. The van der Waals surface area contributed by atoms with Crippen molar-refractivity contribution in [2.24, 2.45) is 52.3 Å². The summed E-state index contributed by atoms with van der Waals surface area (Å²) < 4.78 is 13.7. The average Bonchev–Trinajstić information content (AvgIpc) is 3.38. The molecule has 0 amide bonds. The van der Waals surface area contributed by atoms with Crippen LogP contribution >= 0.6 is 0 Å². The maximum Gasteiger partial charge on any atom is 0.0720 e. The van der Waals surface area contributed by atoms with E-state index in [1.165, 1.54) is 68.9 Å². The van der Waals surface area contributed by atoms with Crippen LogP contribution in [0.2, 0.25) is 0 Å². The monoisotopic (exact) mass is 614 g/mol. The Kier molecular flexibility index (Phi) is 9.93. The van der Waals surface area contributed by atoms with E-state index in [4.69, 9.17) is 20.9 Å². The van der Waals surface area contributed by atoms with Crippen molar-refractivity contribution in [1.29, 1.82) is 0 Å². The van der Waals surface area contributed by atoms with E-state index in [1.54, 1.807) is 0 Å². The average molecular weight is 615 g/mol. The Morgan fingerprint density at radius 1 is 0.689 bits per heavy atom. The summed E-state index contributed by atoms with van der Waals surface area (Å²) in [5.74, 6) is 5.51. The van der Waals surface area contributed by atoms with Crippen molar-refractivity contribution in [3.05, 3.63) is 59.7 Å². The number of hydrogen-bond acceptors (Lipinski definition) is 4. The zero-order valence-corrected chi connectivity index (χ0v) is 29.0. The minimum atomic E-state index is 0.279. The first-order chi connectivity index (χ1) is 21.6. The van der Waals surface area contributed by atoms with Gasteiger partial charge in [-0.2, -0.15) is 0 Å². The smallest absolute Gasteiger partial charge is 0.0720 e. The van der Waals surface area contributed by atoms with E-state index in [2.05, 4.69) is 58.9 Å². The molecule has 0 heterocycles. The topological polar surface area (TPSA) is 70.5 Å². The van der Waals surface area contributed by atoms with Gasteiger partial charge >= 0.3 is 0 Å². The second-order valence-corrected chi connectivity index (χ2v) is 16.8. The lowest BCUT2D eigenvalue weighted by Crippen LogP contribution is -2.59. The van der Waals surface area contributed by atoms with Gasteiger partial charge in [0.2, 0.25) is 0 Å². The van der Waals surface area contributed by atoms with Gasteiger partial charge in [0.25, 0.3) is 0 Å². The second kappa shape index (κ2) is 13.6. The highest BCUT2D eigenvalue weighted by molar-refractivity contribution is 5.39. The standard InChI is InChI=1S/C41H62N2O2/c1-27(2)7-6-8-28(3)35-17-18-36-34-24-39(45-26-30-11-15-32(43)16-12-30)38-23-33(44-25-29-9-13-31(42)14-10-29)19-21-41(38,5)37(34)20-22-40(35,36)4/h9-16,27-28,33-39H,6-8,17-26,42-43H2,1-5H3/t28-,33?,34+,35-,36+,37+,38?,39?,40-,41-/m1/s1. The van der Waals surface area contributed by atoms with Gasteiger partial charge in [-0.15, -0.1) is 0 Å². The zero-order chi connectivity index (χ0) is 31.8. The van der Waals surface area contributed by atoms with Gasteiger partial charge in [0.15, 0.2) is 0 Å². The van der Waals surface area contributed by atoms with Crippen LogP contribution in [0.3, 0.4) is 0 Å². The molecule has 248 valence electrons. The van der Waals surface area contributed by atoms with E-state index >= 15 is 0 Å². The number of benzene rings is 2. The molecule has 4 N–H and O–H groups in total. The molecule has 3 unspecified atom stereocenters. The largest absolute Gasteiger partial charge is 0.399 e. The molecule has 0 saturated heterocycles. The van der Waals surface area contributed by atoms with Crippen molar-refractivity contribution in [2.75, 3.05) is 11.5 Å². The molecule has 45 heavy (non-hydrogen) atoms. The summed E-state index contributed by atoms with van der Waals surface area (Å²) >= 11 is 0. The lowest BCUT2D eigenvalue weighted by molar-refractivity contribution is -0.194. The fourth-order valence-electron chi connectivity index (χ4n) is 11.2. The minimum absolute atomic E-state index is 0.279. The Labute approximate surface area is 274 Å². The first-order valence-electron chi connectivity index (χ1n) is 18.5. The predicted octanol–water partition coefficient (Wildman–Crippen LogP) is 10.1. The number of anilines is 2. The lowest BCUT2D eigenvalue weighted by atomic mass is 9.43. The van der Waals surface area contributed by atoms with Crippen LogP contribution in [0.15, 0.2) is 48.5 Å². The predicted molar refractivity (Wildman–Crippen MR) is 187 cm³/mol. The van der Waals surface area contributed by atoms with E-state index in [0.29, 0.717) is 30.0 Å². The summed E-state index contributed by atoms with van der Waals surface area (Å²) in [5.41, 5.74) is 16.8. The molecular weight excluding hydrogens is 552 g/mol. The lowest BCUT2D eigenvalue weighted by Gasteiger charge is -2.63. The Bertz CT molecular complexity index is 1240. The van der Waals surface area contributed by atoms with Gasteiger partial charge < -0.3 is 20.9 Å². The van der Waals surface area contributed by atoms with Crippen LogP contribution in [0.5, 0.6) is 0 Å². The molecular formula is C41H62N2O2. The van der Waals surface area contributed by atoms with Crippen LogP contribution in [0, 0.1) is 52.3 Å². The fraction of sp³-hybridized carbons (Fsp3) is 0.707. The van der Waals surface area contributed by atoms with Crippen molar-refractivity contribution in [3.63, 3.8) is 0 Å². The molecule has 2 aromatic rings. The summed E-state index contributed by atoms with van der Waals surface area (Å²) in [6, 6.07) is 16.5. The van der Waals surface area contributed by atoms with Crippen LogP contribution in [0.1, 0.15) is 116 Å². The quantitative estimate of drug-likeness (QED) is 0.247. The first kappa shape index (κ1) is 32.9. The SMILES string of the molecule is CC(C)CCC[C@@H](C)[C@H]1CC[C@H]2[C@@H]3CC(OCc4ccc(N)cc4)C4CC(OCc5ccc(N)cc5)CC[C@]4(C)[C@H]3CC[C@]12C. The first-order valence-corrected chi connectivity index (χ1v) is 18.5. The summed E-state index contributed by atoms with van der Waals surface area (Å²) in [7, 11) is 0. The highest BCUT2D eigenvalue weighted by Gasteiger charge is 2.62. The van der Waals surface area contributed by atoms with E-state index in [-0.39, 0.29) is 12.2 Å². The number of hydrogen-bond donors (Lipinski definition) is 2. The number of rotatable bonds is 11. The van der Waals surface area contributed by atoms with Gasteiger partial charge in [-0.1, -0.05) is 78.1 Å². The Morgan fingerprint density at radius 2 is 1.29 bits per heavy atom. The maximum atomic E-state index is 7.04. The highest BCUT2D eigenvalue weighted by Crippen LogP contribution is 2.69. The molecule has 0 radical (unpaired) electrons. The van der Waals surface area contributed by atoms with Crippen LogP contribution < -0.4 is 11.5 Å². The van der Waals surface area contributed by atoms with Crippen molar-refractivity contribution < 1.29 is 9.47 Å². The molecule has 0 aromatic heterocycles. The fourth-order valence-corrected chi connectivity index (χ4v) is 11.2. The van der Waals surface area contributed by atoms with E-state index in [1.807, 2.05) is 24.3 Å². The van der Waals surface area contributed by atoms with Crippen LogP contribution in [-0.4, -0.2) is 12.2 Å². The highest BCUT2D eigenvalue weighted by atomic mass is 16.5. The molecule has 10 atom stereocenters. The van der Waals surface area contributed by atoms with Crippen molar-refractivity contribution in [2.45, 2.75) is 131 Å². The molecule has 2 aromatic carbocycles. The molecule has 4 heteroatoms. The molecule has 0 spiro atoms. The van der Waals surface area contributed by atoms with Crippen LogP contribution in [0.4, 0.5) is 11.4 Å². The molecule has 4 fully saturated rings. The van der Waals surface area contributed by atoms with E-state index < -0.39 is 0 Å². The minimum Gasteiger partial charge on any atom is -0.399 e. The number of nitrogen functional groups attached to an aromatic ring is 2. The molecule has 4 aliphatic rings. The molecule has 4 saturated carbocycles. The van der Waals surface area contributed by atoms with Gasteiger partial charge in [-0.3, -0.25) is 0 Å². The van der Waals surface area contributed by atoms with Gasteiger partial charge in [-0.25, -0.2) is 0 Å². The van der Waals surface area contributed by atoms with E-state index in [9.17, 15) is 0 Å². The molecule has 6 rings (SSSR count). The summed E-state index contributed by atoms with van der Waals surface area (Å²) in [4.78, 5) is 0. The van der Waals surface area contributed by atoms with Crippen molar-refractivity contribution >= 4 is 11.4 Å². The van der Waals surface area contributed by atoms with Gasteiger partial charge in [0, 0.05) is 11.4 Å². The number of fused-ring (bicyclic) bond motifs is 5. The maximum absolute atomic E-state index is 7.04. The van der Waals surface area contributed by atoms with Crippen LogP contribution in [0.25, 0.3) is 0 Å². The Hall–Kier alpha value is -2.04. The Balaban J connectivity index is 1.20. The number of ether oxygens (including phenoxy) is 2. The molecule has 0 aliphatic heterocycles. The zero-order valence-electron chi connectivity index (χ0n) is 29.0. The van der Waals surface area contributed by atoms with Gasteiger partial charge in [0.05, 0.1) is 25.4 Å². The second-order valence-electron chi connectivity index (χ2n) is 16.8. The van der Waals surface area contributed by atoms with Gasteiger partial charge in [0.1, 0.15) is 0 Å². The van der Waals surface area contributed by atoms with Crippen LogP contribution in [-0.2, 0) is 22.7 Å². The van der Waals surface area contributed by atoms with Crippen molar-refractivity contribution in [3.8, 4) is 0 Å².